The molecular weight excluding hydrogens is 273 g/mol. The van der Waals surface area contributed by atoms with E-state index in [1.54, 1.807) is 13.0 Å². The Balaban J connectivity index is 0.00000162. The van der Waals surface area contributed by atoms with Crippen molar-refractivity contribution in [3.63, 3.8) is 0 Å². The quantitative estimate of drug-likeness (QED) is 0.510. The maximum absolute atomic E-state index is 12.3. The van der Waals surface area contributed by atoms with Crippen LogP contribution in [0.4, 0.5) is 18.6 Å². The molecule has 0 N–H and O–H groups in total. The first-order chi connectivity index (χ1) is 7.79. The van der Waals surface area contributed by atoms with Crippen molar-refractivity contribution in [2.24, 2.45) is 0 Å². The van der Waals surface area contributed by atoms with E-state index in [9.17, 15) is 22.5 Å². The van der Waals surface area contributed by atoms with Crippen molar-refractivity contribution < 1.29 is 73.9 Å². The van der Waals surface area contributed by atoms with Crippen LogP contribution in [0.2, 0.25) is 0 Å². The number of hydrogen-bond donors (Lipinski definition) is 0. The Morgan fingerprint density at radius 2 is 1.83 bits per heavy atom. The second kappa shape index (κ2) is 5.46. The number of benzene rings is 1. The first-order valence-corrected chi connectivity index (χ1v) is 4.97. The molecule has 18 heavy (non-hydrogen) atoms. The van der Waals surface area contributed by atoms with Crippen molar-refractivity contribution in [3.8, 4) is 0 Å². The molecule has 2 rings (SSSR count). The Hall–Kier alpha value is -0.149. The first kappa shape index (κ1) is 15.9. The third-order valence-electron chi connectivity index (χ3n) is 2.52. The summed E-state index contributed by atoms with van der Waals surface area (Å²) in [5, 5.41) is 0. The molecule has 0 radical (unpaired) electrons. The zero-order valence-electron chi connectivity index (χ0n) is 9.91. The Morgan fingerprint density at radius 3 is 2.39 bits per heavy atom. The van der Waals surface area contributed by atoms with Gasteiger partial charge in [-0.25, -0.2) is 0 Å². The van der Waals surface area contributed by atoms with Gasteiger partial charge in [-0.15, -0.1) is 0 Å². The molecule has 3 nitrogen and oxygen atoms in total. The van der Waals surface area contributed by atoms with E-state index in [0.29, 0.717) is 4.90 Å². The minimum Gasteiger partial charge on any atom is -0.448 e. The Morgan fingerprint density at radius 1 is 1.22 bits per heavy atom. The van der Waals surface area contributed by atoms with Crippen LogP contribution in [0.25, 0.3) is 0 Å². The number of amides is 1. The number of nitrogens with zero attached hydrogens (tertiary/aromatic N) is 1. The van der Waals surface area contributed by atoms with Crippen molar-refractivity contribution in [1.29, 1.82) is 0 Å². The van der Waals surface area contributed by atoms with Crippen molar-refractivity contribution in [2.75, 3.05) is 11.3 Å². The van der Waals surface area contributed by atoms with E-state index in [-0.39, 0.29) is 62.6 Å². The number of fused-ring (bicyclic) bond motifs is 1. The molecule has 1 aromatic rings. The Bertz CT molecular complexity index is 518. The third-order valence-corrected chi connectivity index (χ3v) is 2.52. The molecule has 1 aliphatic heterocycles. The van der Waals surface area contributed by atoms with E-state index in [2.05, 4.69) is 0 Å². The second-order valence-electron chi connectivity index (χ2n) is 3.98. The van der Waals surface area contributed by atoms with Gasteiger partial charge in [-0.1, -0.05) is 11.6 Å². The molecule has 0 unspecified atom stereocenters. The van der Waals surface area contributed by atoms with Gasteiger partial charge in [0.05, 0.1) is 11.3 Å². The van der Waals surface area contributed by atoms with Crippen LogP contribution in [0.3, 0.4) is 0 Å². The first-order valence-electron chi connectivity index (χ1n) is 4.97. The summed E-state index contributed by atoms with van der Waals surface area (Å²) in [4.78, 5) is 23.4. The van der Waals surface area contributed by atoms with E-state index in [0.717, 1.165) is 5.56 Å². The second-order valence-corrected chi connectivity index (χ2v) is 3.98. The van der Waals surface area contributed by atoms with Crippen molar-refractivity contribution in [3.05, 3.63) is 29.3 Å². The predicted molar refractivity (Wildman–Crippen MR) is 56.9 cm³/mol. The van der Waals surface area contributed by atoms with Gasteiger partial charge in [-0.3, -0.25) is 9.59 Å². The molecule has 1 aromatic carbocycles. The van der Waals surface area contributed by atoms with E-state index in [1.165, 1.54) is 12.1 Å². The summed E-state index contributed by atoms with van der Waals surface area (Å²) < 4.78 is 37.0. The number of hydrogen-bond acceptors (Lipinski definition) is 2. The minimum absolute atomic E-state index is 0. The van der Waals surface area contributed by atoms with Crippen LogP contribution in [-0.2, 0) is 4.79 Å². The molecule has 0 saturated heterocycles. The summed E-state index contributed by atoms with van der Waals surface area (Å²) >= 11 is 0. The summed E-state index contributed by atoms with van der Waals surface area (Å²) in [5.41, 5.74) is 0.823. The van der Waals surface area contributed by atoms with Crippen LogP contribution in [0.5, 0.6) is 0 Å². The fourth-order valence-electron chi connectivity index (χ4n) is 1.80. The third kappa shape index (κ3) is 3.05. The van der Waals surface area contributed by atoms with Gasteiger partial charge in [0.15, 0.2) is 0 Å². The van der Waals surface area contributed by atoms with Crippen LogP contribution in [-0.4, -0.2) is 25.1 Å². The molecule has 1 amide bonds. The molecule has 1 aliphatic rings. The molecule has 90 valence electrons. The number of Topliss-reactive ketones (excluding diaryl/α,β-unsaturated/α-hetero) is 1. The van der Waals surface area contributed by atoms with Gasteiger partial charge in [-0.05, 0) is 25.5 Å². The zero-order valence-corrected chi connectivity index (χ0v) is 13.0. The SMILES string of the molecule is Cc1ccc2c(c1)C(=O)C(=O)N2C[B-](F)(F)F.[K+]. The van der Waals surface area contributed by atoms with Crippen LogP contribution in [0.1, 0.15) is 15.9 Å². The number of ketones is 1. The average molecular weight is 281 g/mol. The van der Waals surface area contributed by atoms with Gasteiger partial charge in [0, 0.05) is 0 Å². The van der Waals surface area contributed by atoms with E-state index >= 15 is 0 Å². The molecule has 0 bridgehead atoms. The van der Waals surface area contributed by atoms with E-state index in [1.807, 2.05) is 0 Å². The summed E-state index contributed by atoms with van der Waals surface area (Å²) in [5.74, 6) is -1.98. The Labute approximate surface area is 144 Å². The molecule has 0 spiro atoms. The number of anilines is 1. The Kier molecular flexibility index (Phi) is 4.82. The van der Waals surface area contributed by atoms with Gasteiger partial charge in [0.2, 0.25) is 0 Å². The number of rotatable bonds is 2. The largest absolute Gasteiger partial charge is 1.00 e. The normalized spacial score (nSPS) is 14.6. The maximum Gasteiger partial charge on any atom is 1.00 e. The standard InChI is InChI=1S/C10H8BF3NO2.K/c1-6-2-3-8-7(4-6)9(16)10(17)15(8)5-11(12,13)14;/h2-4H,5H2,1H3;/q-1;+1. The molecular formula is C10H8BF3KNO2. The van der Waals surface area contributed by atoms with Crippen LogP contribution >= 0.6 is 0 Å². The van der Waals surface area contributed by atoms with E-state index in [4.69, 9.17) is 0 Å². The van der Waals surface area contributed by atoms with Crippen LogP contribution < -0.4 is 56.3 Å². The fourth-order valence-corrected chi connectivity index (χ4v) is 1.80. The van der Waals surface area contributed by atoms with Crippen molar-refractivity contribution >= 4 is 24.4 Å². The molecule has 0 saturated carbocycles. The number of halogens is 3. The summed E-state index contributed by atoms with van der Waals surface area (Å²) in [6.07, 6.45) is -1.37. The summed E-state index contributed by atoms with van der Waals surface area (Å²) in [6.45, 7) is -3.45. The van der Waals surface area contributed by atoms with Crippen molar-refractivity contribution in [1.82, 2.24) is 0 Å². The molecule has 0 atom stereocenters. The topological polar surface area (TPSA) is 37.4 Å². The fraction of sp³-hybridized carbons (Fsp3) is 0.200. The van der Waals surface area contributed by atoms with E-state index < -0.39 is 25.1 Å². The maximum atomic E-state index is 12.3. The van der Waals surface area contributed by atoms with Gasteiger partial charge in [-0.2, -0.15) is 0 Å². The van der Waals surface area contributed by atoms with Gasteiger partial charge >= 0.3 is 58.4 Å². The van der Waals surface area contributed by atoms with Gasteiger partial charge in [0.25, 0.3) is 11.7 Å². The molecule has 8 heteroatoms. The monoisotopic (exact) mass is 281 g/mol. The van der Waals surface area contributed by atoms with Crippen LogP contribution in [0.15, 0.2) is 18.2 Å². The average Bonchev–Trinajstić information content (AvgIpc) is 2.42. The predicted octanol–water partition coefficient (Wildman–Crippen LogP) is -1.09. The van der Waals surface area contributed by atoms with Crippen LogP contribution in [0, 0.1) is 6.92 Å². The number of aryl methyl sites for hydroxylation is 1. The number of carbonyl (C=O) groups is 2. The van der Waals surface area contributed by atoms with Gasteiger partial charge < -0.3 is 17.8 Å². The minimum atomic E-state index is -5.15. The molecule has 0 aliphatic carbocycles. The molecule has 0 aromatic heterocycles. The zero-order chi connectivity index (χ0) is 12.8. The summed E-state index contributed by atoms with van der Waals surface area (Å²) in [7, 11) is 0. The smallest absolute Gasteiger partial charge is 0.448 e. The van der Waals surface area contributed by atoms with Crippen molar-refractivity contribution in [2.45, 2.75) is 6.92 Å². The molecule has 0 fully saturated rings. The number of carbonyl (C=O) groups excluding carboxylic acids is 2. The molecule has 1 heterocycles. The summed E-state index contributed by atoms with van der Waals surface area (Å²) in [6, 6.07) is 4.37. The van der Waals surface area contributed by atoms with Gasteiger partial charge in [0.1, 0.15) is 0 Å².